The molecule has 0 aliphatic heterocycles. The number of carbonyl (C=O) groups excluding carboxylic acids is 2. The third-order valence-corrected chi connectivity index (χ3v) is 5.30. The molecule has 0 bridgehead atoms. The van der Waals surface area contributed by atoms with Gasteiger partial charge in [0.15, 0.2) is 0 Å². The zero-order valence-corrected chi connectivity index (χ0v) is 15.3. The highest BCUT2D eigenvalue weighted by Gasteiger charge is 2.39. The molecule has 1 aromatic heterocycles. The third kappa shape index (κ3) is 3.64. The van der Waals surface area contributed by atoms with E-state index in [4.69, 9.17) is 0 Å². The van der Waals surface area contributed by atoms with Gasteiger partial charge in [0, 0.05) is 17.6 Å². The van der Waals surface area contributed by atoms with Crippen molar-refractivity contribution in [3.63, 3.8) is 0 Å². The van der Waals surface area contributed by atoms with Crippen molar-refractivity contribution in [3.8, 4) is 5.69 Å². The van der Waals surface area contributed by atoms with Gasteiger partial charge in [-0.25, -0.2) is 9.67 Å². The fourth-order valence-corrected chi connectivity index (χ4v) is 3.52. The summed E-state index contributed by atoms with van der Waals surface area (Å²) in [5.41, 5.74) is 2.52. The Balaban J connectivity index is 1.34. The molecule has 1 aliphatic carbocycles. The van der Waals surface area contributed by atoms with Crippen LogP contribution in [0.5, 0.6) is 0 Å². The van der Waals surface area contributed by atoms with Crippen molar-refractivity contribution in [1.82, 2.24) is 20.1 Å². The molecule has 142 valence electrons. The molecule has 0 unspecified atom stereocenters. The molecule has 1 fully saturated rings. The van der Waals surface area contributed by atoms with Crippen LogP contribution in [0.1, 0.15) is 24.8 Å². The number of benzene rings is 2. The molecule has 2 amide bonds. The lowest BCUT2D eigenvalue weighted by Crippen LogP contribution is -2.48. The van der Waals surface area contributed by atoms with Crippen LogP contribution < -0.4 is 10.6 Å². The lowest BCUT2D eigenvalue weighted by atomic mass is 9.64. The molecule has 0 atom stereocenters. The van der Waals surface area contributed by atoms with Crippen LogP contribution in [0.15, 0.2) is 67.3 Å². The molecular weight excluding hydrogens is 354 g/mol. The van der Waals surface area contributed by atoms with Crippen LogP contribution >= 0.6 is 0 Å². The van der Waals surface area contributed by atoms with Crippen molar-refractivity contribution >= 4 is 17.5 Å². The van der Waals surface area contributed by atoms with Gasteiger partial charge >= 0.3 is 11.8 Å². The second kappa shape index (κ2) is 7.64. The van der Waals surface area contributed by atoms with Gasteiger partial charge in [-0.15, -0.1) is 0 Å². The Morgan fingerprint density at radius 2 is 1.75 bits per heavy atom. The normalized spacial score (nSPS) is 14.7. The van der Waals surface area contributed by atoms with Crippen LogP contribution in [-0.4, -0.2) is 33.1 Å². The van der Waals surface area contributed by atoms with Crippen molar-refractivity contribution in [2.75, 3.05) is 11.9 Å². The number of anilines is 1. The average Bonchev–Trinajstić information content (AvgIpc) is 3.23. The Hall–Kier alpha value is -3.48. The molecule has 0 saturated heterocycles. The first kappa shape index (κ1) is 17.9. The smallest absolute Gasteiger partial charge is 0.313 e. The van der Waals surface area contributed by atoms with E-state index in [1.807, 2.05) is 18.2 Å². The third-order valence-electron chi connectivity index (χ3n) is 5.30. The van der Waals surface area contributed by atoms with Gasteiger partial charge in [-0.3, -0.25) is 9.59 Å². The van der Waals surface area contributed by atoms with Crippen LogP contribution in [0.3, 0.4) is 0 Å². The Morgan fingerprint density at radius 3 is 2.36 bits per heavy atom. The Bertz CT molecular complexity index is 948. The van der Waals surface area contributed by atoms with Gasteiger partial charge in [0.25, 0.3) is 0 Å². The number of amides is 2. The van der Waals surface area contributed by atoms with Gasteiger partial charge in [0.1, 0.15) is 12.7 Å². The predicted molar refractivity (Wildman–Crippen MR) is 105 cm³/mol. The molecule has 28 heavy (non-hydrogen) atoms. The maximum atomic E-state index is 12.3. The maximum Gasteiger partial charge on any atom is 0.313 e. The second-order valence-corrected chi connectivity index (χ2v) is 7.02. The zero-order valence-electron chi connectivity index (χ0n) is 15.3. The highest BCUT2D eigenvalue weighted by atomic mass is 16.2. The van der Waals surface area contributed by atoms with Crippen LogP contribution in [0.4, 0.5) is 5.69 Å². The number of carbonyl (C=O) groups is 2. The van der Waals surface area contributed by atoms with Gasteiger partial charge in [-0.2, -0.15) is 5.10 Å². The molecule has 7 nitrogen and oxygen atoms in total. The van der Waals surface area contributed by atoms with E-state index in [0.717, 1.165) is 24.9 Å². The van der Waals surface area contributed by atoms with E-state index < -0.39 is 11.8 Å². The van der Waals surface area contributed by atoms with E-state index in [2.05, 4.69) is 32.8 Å². The summed E-state index contributed by atoms with van der Waals surface area (Å²) in [7, 11) is 0. The molecule has 7 heteroatoms. The first-order valence-corrected chi connectivity index (χ1v) is 9.26. The summed E-state index contributed by atoms with van der Waals surface area (Å²) in [6.45, 7) is 0.467. The standard InChI is InChI=1S/C21H21N5O2/c27-19(23-13-21(11-4-12-21)16-5-2-1-3-6-16)20(28)25-17-7-9-18(10-8-17)26-15-22-14-24-26/h1-3,5-10,14-15H,4,11-13H2,(H,23,27)(H,25,28). The minimum atomic E-state index is -0.670. The summed E-state index contributed by atoms with van der Waals surface area (Å²) in [4.78, 5) is 28.4. The number of hydrogen-bond acceptors (Lipinski definition) is 4. The van der Waals surface area contributed by atoms with Gasteiger partial charge in [-0.1, -0.05) is 36.8 Å². The maximum absolute atomic E-state index is 12.3. The molecule has 2 aromatic carbocycles. The summed E-state index contributed by atoms with van der Waals surface area (Å²) < 4.78 is 1.61. The van der Waals surface area contributed by atoms with Gasteiger partial charge in [0.05, 0.1) is 5.69 Å². The molecule has 0 radical (unpaired) electrons. The lowest BCUT2D eigenvalue weighted by molar-refractivity contribution is -0.136. The van der Waals surface area contributed by atoms with Crippen molar-refractivity contribution in [3.05, 3.63) is 72.8 Å². The second-order valence-electron chi connectivity index (χ2n) is 7.02. The Kier molecular flexibility index (Phi) is 4.89. The van der Waals surface area contributed by atoms with Gasteiger partial charge in [-0.05, 0) is 42.7 Å². The van der Waals surface area contributed by atoms with Crippen molar-refractivity contribution in [1.29, 1.82) is 0 Å². The minimum Gasteiger partial charge on any atom is -0.347 e. The Morgan fingerprint density at radius 1 is 1.00 bits per heavy atom. The lowest BCUT2D eigenvalue weighted by Gasteiger charge is -2.42. The van der Waals surface area contributed by atoms with Crippen LogP contribution in [-0.2, 0) is 15.0 Å². The Labute approximate surface area is 162 Å². The van der Waals surface area contributed by atoms with E-state index in [-0.39, 0.29) is 5.41 Å². The van der Waals surface area contributed by atoms with E-state index in [1.54, 1.807) is 35.3 Å². The van der Waals surface area contributed by atoms with E-state index in [0.29, 0.717) is 12.2 Å². The first-order chi connectivity index (χ1) is 13.7. The van der Waals surface area contributed by atoms with E-state index in [9.17, 15) is 9.59 Å². The fraction of sp³-hybridized carbons (Fsp3) is 0.238. The fourth-order valence-electron chi connectivity index (χ4n) is 3.52. The number of rotatable bonds is 5. The predicted octanol–water partition coefficient (Wildman–Crippen LogP) is 2.44. The molecule has 3 aromatic rings. The summed E-state index contributed by atoms with van der Waals surface area (Å²) in [6, 6.07) is 17.2. The number of nitrogens with one attached hydrogen (secondary N) is 2. The zero-order chi connectivity index (χ0) is 19.4. The highest BCUT2D eigenvalue weighted by Crippen LogP contribution is 2.43. The molecule has 1 aliphatic rings. The van der Waals surface area contributed by atoms with E-state index in [1.165, 1.54) is 11.9 Å². The summed E-state index contributed by atoms with van der Waals surface area (Å²) in [6.07, 6.45) is 6.20. The molecular formula is C21H21N5O2. The molecule has 0 spiro atoms. The summed E-state index contributed by atoms with van der Waals surface area (Å²) >= 11 is 0. The van der Waals surface area contributed by atoms with Crippen molar-refractivity contribution in [2.24, 2.45) is 0 Å². The molecule has 1 heterocycles. The van der Waals surface area contributed by atoms with Gasteiger partial charge < -0.3 is 10.6 Å². The molecule has 2 N–H and O–H groups in total. The first-order valence-electron chi connectivity index (χ1n) is 9.26. The van der Waals surface area contributed by atoms with Crippen LogP contribution in [0.2, 0.25) is 0 Å². The average molecular weight is 375 g/mol. The van der Waals surface area contributed by atoms with Crippen LogP contribution in [0.25, 0.3) is 5.69 Å². The monoisotopic (exact) mass is 375 g/mol. The highest BCUT2D eigenvalue weighted by molar-refractivity contribution is 6.39. The van der Waals surface area contributed by atoms with Crippen LogP contribution in [0, 0.1) is 0 Å². The summed E-state index contributed by atoms with van der Waals surface area (Å²) in [5.74, 6) is -1.29. The number of hydrogen-bond donors (Lipinski definition) is 2. The van der Waals surface area contributed by atoms with E-state index >= 15 is 0 Å². The largest absolute Gasteiger partial charge is 0.347 e. The molecule has 1 saturated carbocycles. The van der Waals surface area contributed by atoms with Crippen molar-refractivity contribution in [2.45, 2.75) is 24.7 Å². The van der Waals surface area contributed by atoms with Crippen molar-refractivity contribution < 1.29 is 9.59 Å². The topological polar surface area (TPSA) is 88.9 Å². The SMILES string of the molecule is O=C(NCC1(c2ccccc2)CCC1)C(=O)Nc1ccc(-n2cncn2)cc1. The molecule has 4 rings (SSSR count). The quantitative estimate of drug-likeness (QED) is 0.671. The van der Waals surface area contributed by atoms with Gasteiger partial charge in [0.2, 0.25) is 0 Å². The number of nitrogens with zero attached hydrogens (tertiary/aromatic N) is 3. The summed E-state index contributed by atoms with van der Waals surface area (Å²) in [5, 5.41) is 9.48. The number of aromatic nitrogens is 3. The minimum absolute atomic E-state index is 0.0589.